The van der Waals surface area contributed by atoms with Crippen molar-refractivity contribution in [2.24, 2.45) is 0 Å². The molecule has 1 amide bonds. The first kappa shape index (κ1) is 29.3. The van der Waals surface area contributed by atoms with E-state index >= 15 is 0 Å². The Balaban J connectivity index is 1.56. The summed E-state index contributed by atoms with van der Waals surface area (Å²) in [5.41, 5.74) is -1.44. The fraction of sp³-hybridized carbons (Fsp3) is 0.600. The number of rotatable bonds is 14. The summed E-state index contributed by atoms with van der Waals surface area (Å²) < 4.78 is 11.5. The summed E-state index contributed by atoms with van der Waals surface area (Å²) in [5.74, 6) is -1.75. The van der Waals surface area contributed by atoms with Gasteiger partial charge in [0.2, 0.25) is 0 Å². The number of aromatic nitrogens is 4. The number of hydrogen-bond donors (Lipinski definition) is 4. The number of amides is 1. The van der Waals surface area contributed by atoms with Crippen molar-refractivity contribution in [1.29, 1.82) is 0 Å². The molecule has 0 aromatic carbocycles. The van der Waals surface area contributed by atoms with Crippen LogP contribution in [0.5, 0.6) is 0 Å². The lowest BCUT2D eigenvalue weighted by molar-refractivity contribution is -0.0549. The maximum Gasteiger partial charge on any atom is 0.359 e. The highest BCUT2D eigenvalue weighted by Gasteiger charge is 2.43. The summed E-state index contributed by atoms with van der Waals surface area (Å²) in [7, 11) is 0. The molecule has 0 unspecified atom stereocenters. The normalized spacial score (nSPS) is 20.8. The lowest BCUT2D eigenvalue weighted by Crippen LogP contribution is -2.36. The predicted molar refractivity (Wildman–Crippen MR) is 134 cm³/mol. The molecule has 38 heavy (non-hydrogen) atoms. The number of esters is 1. The highest BCUT2D eigenvalue weighted by atomic mass is 16.6. The van der Waals surface area contributed by atoms with Crippen LogP contribution in [0, 0.1) is 0 Å². The Morgan fingerprint density at radius 3 is 2.32 bits per heavy atom. The van der Waals surface area contributed by atoms with Crippen molar-refractivity contribution in [3.63, 3.8) is 0 Å². The molecule has 208 valence electrons. The summed E-state index contributed by atoms with van der Waals surface area (Å²) in [6.45, 7) is 1.83. The van der Waals surface area contributed by atoms with Crippen molar-refractivity contribution < 1.29 is 34.4 Å². The van der Waals surface area contributed by atoms with Crippen LogP contribution in [-0.2, 0) is 9.47 Å². The van der Waals surface area contributed by atoms with Crippen LogP contribution in [0.15, 0.2) is 29.5 Å². The molecule has 2 aromatic rings. The van der Waals surface area contributed by atoms with Gasteiger partial charge in [-0.1, -0.05) is 51.9 Å². The molecule has 4 N–H and O–H groups in total. The third kappa shape index (κ3) is 7.63. The van der Waals surface area contributed by atoms with Gasteiger partial charge in [0.25, 0.3) is 5.91 Å². The monoisotopic (exact) mass is 533 g/mol. The van der Waals surface area contributed by atoms with Gasteiger partial charge in [-0.3, -0.25) is 9.36 Å². The Labute approximate surface area is 219 Å². The maximum atomic E-state index is 12.8. The number of aliphatic hydroxyl groups is 3. The number of nitrogens with zero attached hydrogens (tertiary/aromatic N) is 4. The third-order valence-corrected chi connectivity index (χ3v) is 6.20. The molecule has 1 aliphatic rings. The number of aliphatic hydroxyl groups excluding tert-OH is 3. The van der Waals surface area contributed by atoms with Crippen molar-refractivity contribution in [2.75, 3.05) is 18.5 Å². The SMILES string of the molecule is CCCCCCCCCCOC(=O)c1nccnc1C(=O)Nc1ccn([C@@H]2O[C@H](CO)[C@@H](O)[C@@H]2O)c(=O)n1. The highest BCUT2D eigenvalue weighted by molar-refractivity contribution is 6.08. The van der Waals surface area contributed by atoms with E-state index in [1.807, 2.05) is 0 Å². The summed E-state index contributed by atoms with van der Waals surface area (Å²) >= 11 is 0. The molecule has 0 radical (unpaired) electrons. The van der Waals surface area contributed by atoms with Crippen molar-refractivity contribution in [3.8, 4) is 0 Å². The molecule has 0 aliphatic carbocycles. The van der Waals surface area contributed by atoms with E-state index in [4.69, 9.17) is 9.47 Å². The number of hydrogen-bond acceptors (Lipinski definition) is 11. The van der Waals surface area contributed by atoms with Crippen LogP contribution in [-0.4, -0.2) is 78.2 Å². The van der Waals surface area contributed by atoms with E-state index < -0.39 is 48.7 Å². The van der Waals surface area contributed by atoms with Gasteiger partial charge in [0.15, 0.2) is 17.6 Å². The van der Waals surface area contributed by atoms with E-state index in [0.717, 1.165) is 23.8 Å². The van der Waals surface area contributed by atoms with Crippen LogP contribution in [0.25, 0.3) is 0 Å². The predicted octanol–water partition coefficient (Wildman–Crippen LogP) is 1.19. The van der Waals surface area contributed by atoms with E-state index in [1.54, 1.807) is 0 Å². The fourth-order valence-corrected chi connectivity index (χ4v) is 4.08. The number of ether oxygens (including phenoxy) is 2. The summed E-state index contributed by atoms with van der Waals surface area (Å²) in [5, 5.41) is 31.6. The molecular formula is C25H35N5O8. The third-order valence-electron chi connectivity index (χ3n) is 6.20. The molecule has 13 nitrogen and oxygen atoms in total. The van der Waals surface area contributed by atoms with Gasteiger partial charge in [0.05, 0.1) is 13.2 Å². The zero-order valence-corrected chi connectivity index (χ0v) is 21.4. The molecule has 1 saturated heterocycles. The van der Waals surface area contributed by atoms with Gasteiger partial charge in [-0.05, 0) is 12.5 Å². The van der Waals surface area contributed by atoms with Crippen molar-refractivity contribution in [3.05, 3.63) is 46.5 Å². The van der Waals surface area contributed by atoms with Gasteiger partial charge >= 0.3 is 11.7 Å². The molecule has 2 aromatic heterocycles. The van der Waals surface area contributed by atoms with E-state index in [-0.39, 0.29) is 23.8 Å². The average Bonchev–Trinajstić information content (AvgIpc) is 3.20. The number of unbranched alkanes of at least 4 members (excludes halogenated alkanes) is 7. The van der Waals surface area contributed by atoms with Crippen LogP contribution < -0.4 is 11.0 Å². The van der Waals surface area contributed by atoms with Gasteiger partial charge in [0.1, 0.15) is 24.1 Å². The van der Waals surface area contributed by atoms with E-state index in [9.17, 15) is 29.7 Å². The van der Waals surface area contributed by atoms with Gasteiger partial charge in [-0.2, -0.15) is 4.98 Å². The smallest absolute Gasteiger partial charge is 0.359 e. The van der Waals surface area contributed by atoms with Gasteiger partial charge in [0, 0.05) is 18.6 Å². The van der Waals surface area contributed by atoms with Crippen molar-refractivity contribution in [2.45, 2.75) is 82.8 Å². The molecule has 3 heterocycles. The van der Waals surface area contributed by atoms with Gasteiger partial charge in [-0.15, -0.1) is 0 Å². The lowest BCUT2D eigenvalue weighted by Gasteiger charge is -2.17. The molecule has 4 atom stereocenters. The second-order valence-electron chi connectivity index (χ2n) is 9.05. The zero-order chi connectivity index (χ0) is 27.5. The molecule has 13 heteroatoms. The molecule has 1 fully saturated rings. The summed E-state index contributed by atoms with van der Waals surface area (Å²) in [6.07, 6.45) is 7.31. The molecule has 0 bridgehead atoms. The Morgan fingerprint density at radius 2 is 1.68 bits per heavy atom. The molecule has 0 saturated carbocycles. The molecule has 1 aliphatic heterocycles. The minimum atomic E-state index is -1.47. The second-order valence-corrected chi connectivity index (χ2v) is 9.05. The minimum Gasteiger partial charge on any atom is -0.461 e. The van der Waals surface area contributed by atoms with Gasteiger partial charge in [-0.25, -0.2) is 19.6 Å². The summed E-state index contributed by atoms with van der Waals surface area (Å²) in [4.78, 5) is 49.4. The molecular weight excluding hydrogens is 498 g/mol. The Kier molecular flexibility index (Phi) is 11.3. The quantitative estimate of drug-likeness (QED) is 0.202. The standard InChI is InChI=1S/C25H35N5O8/c1-2-3-4-5-6-7-8-9-14-37-24(35)19-18(26-11-12-27-19)22(34)28-17-10-13-30(25(36)29-17)23-21(33)20(32)16(15-31)38-23/h10-13,16,20-21,23,31-33H,2-9,14-15H2,1H3,(H,28,29,34,36)/t16-,20-,21+,23-/m1/s1. The van der Waals surface area contributed by atoms with E-state index in [1.165, 1.54) is 50.3 Å². The largest absolute Gasteiger partial charge is 0.461 e. The van der Waals surface area contributed by atoms with Gasteiger partial charge < -0.3 is 30.1 Å². The zero-order valence-electron chi connectivity index (χ0n) is 21.4. The minimum absolute atomic E-state index is 0.146. The number of carbonyl (C=O) groups excluding carboxylic acids is 2. The van der Waals surface area contributed by atoms with Crippen LogP contribution >= 0.6 is 0 Å². The molecule has 0 spiro atoms. The van der Waals surface area contributed by atoms with Crippen molar-refractivity contribution >= 4 is 17.7 Å². The number of anilines is 1. The first-order valence-corrected chi connectivity index (χ1v) is 12.9. The van der Waals surface area contributed by atoms with Crippen LogP contribution in [0.2, 0.25) is 0 Å². The highest BCUT2D eigenvalue weighted by Crippen LogP contribution is 2.28. The lowest BCUT2D eigenvalue weighted by atomic mass is 10.1. The molecule has 3 rings (SSSR count). The summed E-state index contributed by atoms with van der Waals surface area (Å²) in [6, 6.07) is 1.27. The first-order chi connectivity index (χ1) is 18.4. The Morgan fingerprint density at radius 1 is 1.03 bits per heavy atom. The van der Waals surface area contributed by atoms with E-state index in [0.29, 0.717) is 6.42 Å². The Hall–Kier alpha value is -3.26. The van der Waals surface area contributed by atoms with Crippen LogP contribution in [0.1, 0.15) is 85.5 Å². The van der Waals surface area contributed by atoms with Crippen LogP contribution in [0.4, 0.5) is 5.82 Å². The number of nitrogens with one attached hydrogen (secondary N) is 1. The fourth-order valence-electron chi connectivity index (χ4n) is 4.08. The van der Waals surface area contributed by atoms with Crippen molar-refractivity contribution in [1.82, 2.24) is 19.5 Å². The van der Waals surface area contributed by atoms with Crippen LogP contribution in [0.3, 0.4) is 0 Å². The topological polar surface area (TPSA) is 186 Å². The number of carbonyl (C=O) groups is 2. The second kappa shape index (κ2) is 14.6. The Bertz CT molecular complexity index is 1130. The van der Waals surface area contributed by atoms with E-state index in [2.05, 4.69) is 27.2 Å². The maximum absolute atomic E-state index is 12.8. The average molecular weight is 534 g/mol. The first-order valence-electron chi connectivity index (χ1n) is 12.9.